The van der Waals surface area contributed by atoms with Crippen molar-refractivity contribution >= 4 is 11.6 Å². The summed E-state index contributed by atoms with van der Waals surface area (Å²) in [7, 11) is 0. The van der Waals surface area contributed by atoms with Crippen LogP contribution >= 0.6 is 0 Å². The summed E-state index contributed by atoms with van der Waals surface area (Å²) in [6.45, 7) is 4.08. The molecule has 0 heterocycles. The van der Waals surface area contributed by atoms with Gasteiger partial charge < -0.3 is 0 Å². The predicted octanol–water partition coefficient (Wildman–Crippen LogP) is 7.86. The predicted molar refractivity (Wildman–Crippen MR) is 118 cm³/mol. The lowest BCUT2D eigenvalue weighted by Gasteiger charge is -2.18. The standard InChI is InChI=1S/C26H38O2/c1-3-4-5-6-7-8-9-10-11-12-13-14-15-18-22-21(2)25(27)23-19-16-17-20-24(23)26(22)28/h16-17,19-20H,3-15,18H2,1-2H3. The van der Waals surface area contributed by atoms with Crippen LogP contribution in [0.15, 0.2) is 35.4 Å². The van der Waals surface area contributed by atoms with Gasteiger partial charge in [0.1, 0.15) is 0 Å². The van der Waals surface area contributed by atoms with Gasteiger partial charge in [0.15, 0.2) is 11.6 Å². The number of Topliss-reactive ketones (excluding diaryl/α,β-unsaturated/α-hetero) is 2. The Bertz CT molecular complexity index is 669. The van der Waals surface area contributed by atoms with Gasteiger partial charge in [0.25, 0.3) is 0 Å². The molecule has 0 amide bonds. The molecule has 0 atom stereocenters. The van der Waals surface area contributed by atoms with E-state index in [1.807, 2.05) is 19.1 Å². The molecule has 28 heavy (non-hydrogen) atoms. The molecule has 1 aromatic carbocycles. The molecule has 1 aromatic rings. The summed E-state index contributed by atoms with van der Waals surface area (Å²) in [5, 5.41) is 0. The zero-order chi connectivity index (χ0) is 20.2. The number of allylic oxidation sites excluding steroid dienone is 2. The average molecular weight is 383 g/mol. The lowest BCUT2D eigenvalue weighted by molar-refractivity contribution is 0.0971. The number of unbranched alkanes of at least 4 members (excludes halogenated alkanes) is 12. The van der Waals surface area contributed by atoms with Gasteiger partial charge in [-0.2, -0.15) is 0 Å². The van der Waals surface area contributed by atoms with Crippen LogP contribution in [0.25, 0.3) is 0 Å². The minimum absolute atomic E-state index is 0.0277. The minimum atomic E-state index is 0.0277. The number of ketones is 2. The molecule has 0 unspecified atom stereocenters. The third-order valence-electron chi connectivity index (χ3n) is 6.01. The van der Waals surface area contributed by atoms with Crippen molar-refractivity contribution in [3.05, 3.63) is 46.5 Å². The second-order valence-electron chi connectivity index (χ2n) is 8.30. The van der Waals surface area contributed by atoms with E-state index in [1.54, 1.807) is 12.1 Å². The number of benzene rings is 1. The Morgan fingerprint density at radius 2 is 1.04 bits per heavy atom. The van der Waals surface area contributed by atoms with E-state index in [0.717, 1.165) is 24.8 Å². The first-order chi connectivity index (χ1) is 13.7. The van der Waals surface area contributed by atoms with Gasteiger partial charge in [0.05, 0.1) is 0 Å². The van der Waals surface area contributed by atoms with E-state index < -0.39 is 0 Å². The zero-order valence-corrected chi connectivity index (χ0v) is 18.0. The Morgan fingerprint density at radius 1 is 0.607 bits per heavy atom. The Balaban J connectivity index is 1.57. The van der Waals surface area contributed by atoms with Crippen LogP contribution in [0.4, 0.5) is 0 Å². The van der Waals surface area contributed by atoms with Gasteiger partial charge in [-0.3, -0.25) is 9.59 Å². The summed E-state index contributed by atoms with van der Waals surface area (Å²) in [4.78, 5) is 25.2. The maximum atomic E-state index is 12.7. The van der Waals surface area contributed by atoms with Gasteiger partial charge in [0.2, 0.25) is 0 Å². The van der Waals surface area contributed by atoms with Gasteiger partial charge in [-0.05, 0) is 19.8 Å². The van der Waals surface area contributed by atoms with E-state index in [1.165, 1.54) is 70.6 Å². The van der Waals surface area contributed by atoms with Gasteiger partial charge in [-0.25, -0.2) is 0 Å². The normalized spacial score (nSPS) is 13.9. The fourth-order valence-electron chi connectivity index (χ4n) is 4.17. The van der Waals surface area contributed by atoms with Crippen LogP contribution in [0.2, 0.25) is 0 Å². The van der Waals surface area contributed by atoms with Crippen LogP contribution in [0.3, 0.4) is 0 Å². The molecule has 2 heteroatoms. The minimum Gasteiger partial charge on any atom is -0.289 e. The molecular weight excluding hydrogens is 344 g/mol. The highest BCUT2D eigenvalue weighted by Crippen LogP contribution is 2.29. The second-order valence-corrected chi connectivity index (χ2v) is 8.30. The van der Waals surface area contributed by atoms with E-state index in [9.17, 15) is 9.59 Å². The molecule has 0 spiro atoms. The van der Waals surface area contributed by atoms with Crippen molar-refractivity contribution in [3.63, 3.8) is 0 Å². The Hall–Kier alpha value is -1.70. The summed E-state index contributed by atoms with van der Waals surface area (Å²) >= 11 is 0. The van der Waals surface area contributed by atoms with Gasteiger partial charge in [0, 0.05) is 22.3 Å². The van der Waals surface area contributed by atoms with Crippen molar-refractivity contribution in [1.82, 2.24) is 0 Å². The summed E-state index contributed by atoms with van der Waals surface area (Å²) in [5.74, 6) is 0.0894. The summed E-state index contributed by atoms with van der Waals surface area (Å²) < 4.78 is 0. The molecular formula is C26H38O2. The highest BCUT2D eigenvalue weighted by molar-refractivity contribution is 6.26. The molecule has 0 aliphatic heterocycles. The summed E-state index contributed by atoms with van der Waals surface area (Å²) in [6, 6.07) is 7.22. The molecule has 0 saturated carbocycles. The van der Waals surface area contributed by atoms with E-state index >= 15 is 0 Å². The lowest BCUT2D eigenvalue weighted by atomic mass is 9.82. The van der Waals surface area contributed by atoms with Crippen LogP contribution in [0, 0.1) is 0 Å². The third-order valence-corrected chi connectivity index (χ3v) is 6.01. The maximum Gasteiger partial charge on any atom is 0.190 e. The van der Waals surface area contributed by atoms with Crippen molar-refractivity contribution in [2.75, 3.05) is 0 Å². The molecule has 1 aliphatic rings. The van der Waals surface area contributed by atoms with Crippen LogP contribution in [0.5, 0.6) is 0 Å². The highest BCUT2D eigenvalue weighted by atomic mass is 16.1. The molecule has 0 aromatic heterocycles. The van der Waals surface area contributed by atoms with Crippen LogP contribution < -0.4 is 0 Å². The first-order valence-corrected chi connectivity index (χ1v) is 11.5. The molecule has 0 radical (unpaired) electrons. The fourth-order valence-corrected chi connectivity index (χ4v) is 4.17. The van der Waals surface area contributed by atoms with Gasteiger partial charge >= 0.3 is 0 Å². The SMILES string of the molecule is CCCCCCCCCCCCCCCC1=C(C)C(=O)c2ccccc2C1=O. The van der Waals surface area contributed by atoms with Crippen molar-refractivity contribution < 1.29 is 9.59 Å². The molecule has 0 saturated heterocycles. The van der Waals surface area contributed by atoms with Crippen molar-refractivity contribution in [2.45, 2.75) is 104 Å². The number of carbonyl (C=O) groups is 2. The van der Waals surface area contributed by atoms with Gasteiger partial charge in [-0.1, -0.05) is 108 Å². The van der Waals surface area contributed by atoms with E-state index in [0.29, 0.717) is 16.7 Å². The quantitative estimate of drug-likeness (QED) is 0.307. The Kier molecular flexibility index (Phi) is 10.2. The first kappa shape index (κ1) is 22.6. The zero-order valence-electron chi connectivity index (χ0n) is 18.0. The van der Waals surface area contributed by atoms with Crippen molar-refractivity contribution in [2.24, 2.45) is 0 Å². The number of hydrogen-bond donors (Lipinski definition) is 0. The molecule has 2 rings (SSSR count). The second kappa shape index (κ2) is 12.7. The lowest BCUT2D eigenvalue weighted by Crippen LogP contribution is -2.20. The fraction of sp³-hybridized carbons (Fsp3) is 0.615. The average Bonchev–Trinajstić information content (AvgIpc) is 2.72. The molecule has 0 bridgehead atoms. The molecule has 0 fully saturated rings. The molecule has 2 nitrogen and oxygen atoms in total. The van der Waals surface area contributed by atoms with E-state index in [-0.39, 0.29) is 11.6 Å². The van der Waals surface area contributed by atoms with Crippen LogP contribution in [-0.2, 0) is 0 Å². The molecule has 0 N–H and O–H groups in total. The van der Waals surface area contributed by atoms with Crippen LogP contribution in [-0.4, -0.2) is 11.6 Å². The van der Waals surface area contributed by atoms with Crippen molar-refractivity contribution in [1.29, 1.82) is 0 Å². The maximum absolute atomic E-state index is 12.7. The van der Waals surface area contributed by atoms with E-state index in [2.05, 4.69) is 6.92 Å². The number of carbonyl (C=O) groups excluding carboxylic acids is 2. The smallest absolute Gasteiger partial charge is 0.190 e. The molecule has 154 valence electrons. The Morgan fingerprint density at radius 3 is 1.54 bits per heavy atom. The molecule has 1 aliphatic carbocycles. The Labute approximate surface area is 171 Å². The summed E-state index contributed by atoms with van der Waals surface area (Å²) in [6.07, 6.45) is 17.9. The van der Waals surface area contributed by atoms with Crippen molar-refractivity contribution in [3.8, 4) is 0 Å². The highest BCUT2D eigenvalue weighted by Gasteiger charge is 2.28. The monoisotopic (exact) mass is 382 g/mol. The van der Waals surface area contributed by atoms with E-state index in [4.69, 9.17) is 0 Å². The van der Waals surface area contributed by atoms with Gasteiger partial charge in [-0.15, -0.1) is 0 Å². The topological polar surface area (TPSA) is 34.1 Å². The number of rotatable bonds is 14. The largest absolute Gasteiger partial charge is 0.289 e. The van der Waals surface area contributed by atoms with Crippen LogP contribution in [0.1, 0.15) is 124 Å². The number of fused-ring (bicyclic) bond motifs is 1. The summed E-state index contributed by atoms with van der Waals surface area (Å²) in [5.41, 5.74) is 2.55. The number of hydrogen-bond acceptors (Lipinski definition) is 2. The first-order valence-electron chi connectivity index (χ1n) is 11.5. The third kappa shape index (κ3) is 6.72.